The van der Waals surface area contributed by atoms with E-state index >= 15 is 0 Å². The molecule has 26 heavy (non-hydrogen) atoms. The van der Waals surface area contributed by atoms with Crippen LogP contribution < -0.4 is 10.1 Å². The summed E-state index contributed by atoms with van der Waals surface area (Å²) in [6.07, 6.45) is -4.94. The van der Waals surface area contributed by atoms with Crippen molar-refractivity contribution in [2.24, 2.45) is 0 Å². The minimum atomic E-state index is -4.94. The Hall–Kier alpha value is -2.71. The number of hydrogen-bond donors (Lipinski definition) is 1. The smallest absolute Gasteiger partial charge is 0.419 e. The van der Waals surface area contributed by atoms with Gasteiger partial charge in [0.15, 0.2) is 0 Å². The first kappa shape index (κ1) is 19.6. The average molecular weight is 377 g/mol. The molecule has 0 bridgehead atoms. The molecule has 0 aromatic heterocycles. The fourth-order valence-corrected chi connectivity index (χ4v) is 2.21. The van der Waals surface area contributed by atoms with Gasteiger partial charge in [0.2, 0.25) is 0 Å². The summed E-state index contributed by atoms with van der Waals surface area (Å²) in [5.74, 6) is -2.48. The number of ether oxygens (including phenoxy) is 1. The molecule has 0 aliphatic carbocycles. The van der Waals surface area contributed by atoms with Crippen LogP contribution in [0.15, 0.2) is 42.5 Å². The number of rotatable bonds is 5. The van der Waals surface area contributed by atoms with Gasteiger partial charge in [-0.2, -0.15) is 22.0 Å². The number of halogens is 6. The SMILES string of the molecule is CC(NC(=O)c1ccc(F)c(C(F)(F)F)c1)c1cccc(OC(F)F)c1. The lowest BCUT2D eigenvalue weighted by Gasteiger charge is -2.16. The molecule has 140 valence electrons. The molecule has 1 N–H and O–H groups in total. The van der Waals surface area contributed by atoms with E-state index in [1.165, 1.54) is 31.2 Å². The van der Waals surface area contributed by atoms with Gasteiger partial charge in [-0.05, 0) is 42.8 Å². The van der Waals surface area contributed by atoms with E-state index in [4.69, 9.17) is 0 Å². The molecule has 0 aliphatic rings. The molecule has 2 aromatic carbocycles. The maximum absolute atomic E-state index is 13.3. The van der Waals surface area contributed by atoms with Gasteiger partial charge < -0.3 is 10.1 Å². The summed E-state index contributed by atoms with van der Waals surface area (Å²) < 4.78 is 80.2. The molecule has 0 spiro atoms. The van der Waals surface area contributed by atoms with Gasteiger partial charge in [0.25, 0.3) is 5.91 Å². The highest BCUT2D eigenvalue weighted by Crippen LogP contribution is 2.32. The van der Waals surface area contributed by atoms with Crippen molar-refractivity contribution in [1.82, 2.24) is 5.32 Å². The highest BCUT2D eigenvalue weighted by atomic mass is 19.4. The second-order valence-electron chi connectivity index (χ2n) is 5.34. The summed E-state index contributed by atoms with van der Waals surface area (Å²) in [7, 11) is 0. The van der Waals surface area contributed by atoms with Gasteiger partial charge >= 0.3 is 12.8 Å². The first-order chi connectivity index (χ1) is 12.1. The number of amides is 1. The standard InChI is InChI=1S/C17H13F6NO2/c1-9(10-3-2-4-12(7-10)26-16(19)20)24-15(25)11-5-6-14(18)13(8-11)17(21,22)23/h2-9,16H,1H3,(H,24,25). The second kappa shape index (κ2) is 7.67. The van der Waals surface area contributed by atoms with Gasteiger partial charge in [0.05, 0.1) is 11.6 Å². The lowest BCUT2D eigenvalue weighted by molar-refractivity contribution is -0.140. The molecule has 9 heteroatoms. The van der Waals surface area contributed by atoms with Crippen molar-refractivity contribution in [3.8, 4) is 5.75 Å². The predicted molar refractivity (Wildman–Crippen MR) is 80.4 cm³/mol. The molecule has 3 nitrogen and oxygen atoms in total. The zero-order valence-corrected chi connectivity index (χ0v) is 13.3. The molecule has 2 rings (SSSR count). The van der Waals surface area contributed by atoms with E-state index in [0.717, 1.165) is 6.07 Å². The zero-order valence-electron chi connectivity index (χ0n) is 13.3. The van der Waals surface area contributed by atoms with E-state index in [0.29, 0.717) is 17.7 Å². The van der Waals surface area contributed by atoms with Crippen molar-refractivity contribution >= 4 is 5.91 Å². The van der Waals surface area contributed by atoms with E-state index in [1.807, 2.05) is 0 Å². The Bertz CT molecular complexity index is 791. The number of carbonyl (C=O) groups excluding carboxylic acids is 1. The van der Waals surface area contributed by atoms with Crippen LogP contribution in [0.5, 0.6) is 5.75 Å². The summed E-state index contributed by atoms with van der Waals surface area (Å²) in [6.45, 7) is -1.51. The summed E-state index contributed by atoms with van der Waals surface area (Å²) in [6, 6.07) is 6.67. The maximum atomic E-state index is 13.3. The Labute approximate surface area is 144 Å². The zero-order chi connectivity index (χ0) is 19.5. The molecule has 0 saturated carbocycles. The maximum Gasteiger partial charge on any atom is 0.419 e. The molecule has 0 fully saturated rings. The highest BCUT2D eigenvalue weighted by molar-refractivity contribution is 5.94. The lowest BCUT2D eigenvalue weighted by atomic mass is 10.1. The number of benzene rings is 2. The van der Waals surface area contributed by atoms with Crippen molar-refractivity contribution in [1.29, 1.82) is 0 Å². The van der Waals surface area contributed by atoms with Crippen molar-refractivity contribution in [3.05, 3.63) is 65.0 Å². The molecule has 0 saturated heterocycles. The van der Waals surface area contributed by atoms with Crippen LogP contribution in [0, 0.1) is 5.82 Å². The Balaban J connectivity index is 2.17. The third-order valence-electron chi connectivity index (χ3n) is 3.46. The lowest BCUT2D eigenvalue weighted by Crippen LogP contribution is -2.27. The average Bonchev–Trinajstić information content (AvgIpc) is 2.53. The predicted octanol–water partition coefficient (Wildman–Crippen LogP) is 4.94. The Morgan fingerprint density at radius 3 is 2.42 bits per heavy atom. The Morgan fingerprint density at radius 1 is 1.12 bits per heavy atom. The third-order valence-corrected chi connectivity index (χ3v) is 3.46. The van der Waals surface area contributed by atoms with Gasteiger partial charge in [-0.1, -0.05) is 12.1 Å². The fraction of sp³-hybridized carbons (Fsp3) is 0.235. The van der Waals surface area contributed by atoms with Gasteiger partial charge in [-0.15, -0.1) is 0 Å². The molecule has 1 unspecified atom stereocenters. The van der Waals surface area contributed by atoms with Crippen LogP contribution in [0.4, 0.5) is 26.3 Å². The first-order valence-corrected chi connectivity index (χ1v) is 7.30. The van der Waals surface area contributed by atoms with Crippen LogP contribution >= 0.6 is 0 Å². The normalized spacial score (nSPS) is 12.8. The van der Waals surface area contributed by atoms with Crippen LogP contribution in [-0.4, -0.2) is 12.5 Å². The van der Waals surface area contributed by atoms with Crippen molar-refractivity contribution in [2.75, 3.05) is 0 Å². The van der Waals surface area contributed by atoms with E-state index in [-0.39, 0.29) is 11.3 Å². The van der Waals surface area contributed by atoms with Crippen LogP contribution in [0.2, 0.25) is 0 Å². The quantitative estimate of drug-likeness (QED) is 0.750. The van der Waals surface area contributed by atoms with Crippen molar-refractivity contribution in [3.63, 3.8) is 0 Å². The topological polar surface area (TPSA) is 38.3 Å². The van der Waals surface area contributed by atoms with Crippen LogP contribution in [-0.2, 0) is 6.18 Å². The van der Waals surface area contributed by atoms with E-state index in [2.05, 4.69) is 10.1 Å². The fourth-order valence-electron chi connectivity index (χ4n) is 2.21. The second-order valence-corrected chi connectivity index (χ2v) is 5.34. The molecule has 0 heterocycles. The molecular weight excluding hydrogens is 364 g/mol. The minimum absolute atomic E-state index is 0.125. The van der Waals surface area contributed by atoms with Gasteiger partial charge in [-0.25, -0.2) is 4.39 Å². The number of alkyl halides is 5. The number of nitrogens with one attached hydrogen (secondary N) is 1. The van der Waals surface area contributed by atoms with Crippen molar-refractivity contribution < 1.29 is 35.9 Å². The van der Waals surface area contributed by atoms with E-state index in [9.17, 15) is 31.1 Å². The van der Waals surface area contributed by atoms with Gasteiger partial charge in [0, 0.05) is 5.56 Å². The highest BCUT2D eigenvalue weighted by Gasteiger charge is 2.34. The molecular formula is C17H13F6NO2. The largest absolute Gasteiger partial charge is 0.435 e. The summed E-state index contributed by atoms with van der Waals surface area (Å²) in [4.78, 5) is 12.1. The van der Waals surface area contributed by atoms with Crippen molar-refractivity contribution in [2.45, 2.75) is 25.8 Å². The van der Waals surface area contributed by atoms with Crippen LogP contribution in [0.1, 0.15) is 34.5 Å². The van der Waals surface area contributed by atoms with Gasteiger partial charge in [-0.3, -0.25) is 4.79 Å². The summed E-state index contributed by atoms with van der Waals surface area (Å²) >= 11 is 0. The first-order valence-electron chi connectivity index (χ1n) is 7.30. The third kappa shape index (κ3) is 4.90. The molecule has 0 radical (unpaired) electrons. The van der Waals surface area contributed by atoms with Crippen LogP contribution in [0.25, 0.3) is 0 Å². The monoisotopic (exact) mass is 377 g/mol. The molecule has 0 aliphatic heterocycles. The number of hydrogen-bond acceptors (Lipinski definition) is 2. The number of carbonyl (C=O) groups is 1. The molecule has 2 aromatic rings. The van der Waals surface area contributed by atoms with E-state index in [1.54, 1.807) is 0 Å². The van der Waals surface area contributed by atoms with Crippen LogP contribution in [0.3, 0.4) is 0 Å². The molecule has 1 atom stereocenters. The summed E-state index contributed by atoms with van der Waals surface area (Å²) in [5.41, 5.74) is -1.54. The van der Waals surface area contributed by atoms with Gasteiger partial charge in [0.1, 0.15) is 11.6 Å². The summed E-state index contributed by atoms with van der Waals surface area (Å²) in [5, 5.41) is 2.42. The molecule has 1 amide bonds. The Kier molecular flexibility index (Phi) is 5.79. The Morgan fingerprint density at radius 2 is 1.81 bits per heavy atom. The minimum Gasteiger partial charge on any atom is -0.435 e. The van der Waals surface area contributed by atoms with E-state index < -0.39 is 36.1 Å².